The lowest BCUT2D eigenvalue weighted by atomic mass is 9.96. The maximum absolute atomic E-state index is 11.3. The number of ketones is 1. The van der Waals surface area contributed by atoms with Gasteiger partial charge < -0.3 is 0 Å². The maximum Gasteiger partial charge on any atom is 0.184 e. The molecule has 0 bridgehead atoms. The van der Waals surface area contributed by atoms with Gasteiger partial charge in [-0.3, -0.25) is 4.79 Å². The van der Waals surface area contributed by atoms with Crippen LogP contribution in [0.5, 0.6) is 0 Å². The number of rotatable bonds is 1. The lowest BCUT2D eigenvalue weighted by molar-refractivity contribution is -0.112. The third kappa shape index (κ3) is 2.21. The van der Waals surface area contributed by atoms with Crippen LogP contribution < -0.4 is 0 Å². The molecule has 0 amide bonds. The smallest absolute Gasteiger partial charge is 0.184 e. The van der Waals surface area contributed by atoms with E-state index in [1.807, 2.05) is 12.2 Å². The van der Waals surface area contributed by atoms with Gasteiger partial charge in [0.25, 0.3) is 0 Å². The highest BCUT2D eigenvalue weighted by atomic mass is 16.1. The Labute approximate surface area is 77.6 Å². The number of Topliss-reactive ketones (excluding diaryl/α,β-unsaturated/α-hetero) is 1. The van der Waals surface area contributed by atoms with Crippen LogP contribution in [0.15, 0.2) is 45.3 Å². The first-order valence-electron chi connectivity index (χ1n) is 4.05. The molecule has 0 radical (unpaired) electrons. The van der Waals surface area contributed by atoms with E-state index in [-0.39, 0.29) is 5.78 Å². The fourth-order valence-corrected chi connectivity index (χ4v) is 1.18. The summed E-state index contributed by atoms with van der Waals surface area (Å²) in [6.07, 6.45) is 5.26. The predicted octanol–water partition coefficient (Wildman–Crippen LogP) is 2.43. The molecule has 0 aromatic heterocycles. The summed E-state index contributed by atoms with van der Waals surface area (Å²) in [5.74, 6) is 0.102. The normalized spacial score (nSPS) is 17.5. The molecule has 0 heterocycles. The van der Waals surface area contributed by atoms with E-state index in [4.69, 9.17) is 0 Å². The molecular weight excluding hydrogens is 164 g/mol. The van der Waals surface area contributed by atoms with Gasteiger partial charge in [0.15, 0.2) is 5.78 Å². The van der Waals surface area contributed by atoms with Crippen molar-refractivity contribution in [3.63, 3.8) is 0 Å². The Morgan fingerprint density at radius 2 is 1.77 bits per heavy atom. The minimum atomic E-state index is 0.102. The first-order valence-corrected chi connectivity index (χ1v) is 4.05. The van der Waals surface area contributed by atoms with E-state index in [0.717, 1.165) is 16.7 Å². The Bertz CT molecular complexity index is 322. The Morgan fingerprint density at radius 3 is 2.23 bits per heavy atom. The van der Waals surface area contributed by atoms with Crippen molar-refractivity contribution in [2.75, 3.05) is 7.05 Å². The largest absolute Gasteiger partial charge is 0.289 e. The summed E-state index contributed by atoms with van der Waals surface area (Å²) in [4.78, 5) is 11.3. The summed E-state index contributed by atoms with van der Waals surface area (Å²) in [6, 6.07) is 0. The minimum absolute atomic E-state index is 0.102. The fourth-order valence-electron chi connectivity index (χ4n) is 1.18. The van der Waals surface area contributed by atoms with Crippen LogP contribution in [0.3, 0.4) is 0 Å². The van der Waals surface area contributed by atoms with Crippen LogP contribution in [0.2, 0.25) is 0 Å². The van der Waals surface area contributed by atoms with E-state index < -0.39 is 0 Å². The number of azo groups is 1. The molecule has 68 valence electrons. The van der Waals surface area contributed by atoms with Gasteiger partial charge in [-0.2, -0.15) is 10.2 Å². The van der Waals surface area contributed by atoms with Crippen molar-refractivity contribution in [3.8, 4) is 0 Å². The van der Waals surface area contributed by atoms with Crippen LogP contribution >= 0.6 is 0 Å². The standard InChI is InChI=1S/C10H12N2O/c1-7-4-9(6-12-11-3)5-8(2)10(7)13/h4-6H,1-3H3. The van der Waals surface area contributed by atoms with Crippen LogP contribution in [0, 0.1) is 0 Å². The van der Waals surface area contributed by atoms with Crippen molar-refractivity contribution in [3.05, 3.63) is 35.1 Å². The lowest BCUT2D eigenvalue weighted by Gasteiger charge is -2.07. The molecule has 1 aliphatic carbocycles. The molecule has 1 rings (SSSR count). The summed E-state index contributed by atoms with van der Waals surface area (Å²) < 4.78 is 0. The summed E-state index contributed by atoms with van der Waals surface area (Å²) in [5.41, 5.74) is 2.41. The number of carbonyl (C=O) groups excluding carboxylic acids is 1. The summed E-state index contributed by atoms with van der Waals surface area (Å²) in [5, 5.41) is 7.36. The molecule has 1 aliphatic rings. The highest BCUT2D eigenvalue weighted by Crippen LogP contribution is 2.17. The van der Waals surface area contributed by atoms with Gasteiger partial charge in [0.2, 0.25) is 0 Å². The summed E-state index contributed by atoms with van der Waals surface area (Å²) >= 11 is 0. The van der Waals surface area contributed by atoms with Gasteiger partial charge in [0.05, 0.1) is 6.20 Å². The SMILES string of the molecule is CN=NC=C1C=C(C)C(=O)C(C)=C1. The van der Waals surface area contributed by atoms with Gasteiger partial charge in [-0.25, -0.2) is 0 Å². The van der Waals surface area contributed by atoms with Crippen LogP contribution in [0.25, 0.3) is 0 Å². The third-order valence-electron chi connectivity index (χ3n) is 1.80. The predicted molar refractivity (Wildman–Crippen MR) is 51.4 cm³/mol. The van der Waals surface area contributed by atoms with Crippen LogP contribution in [-0.2, 0) is 4.79 Å². The van der Waals surface area contributed by atoms with E-state index >= 15 is 0 Å². The molecule has 3 heteroatoms. The zero-order valence-electron chi connectivity index (χ0n) is 8.03. The van der Waals surface area contributed by atoms with Gasteiger partial charge in [0, 0.05) is 7.05 Å². The Kier molecular flexibility index (Phi) is 2.90. The van der Waals surface area contributed by atoms with Crippen LogP contribution in [-0.4, -0.2) is 12.8 Å². The van der Waals surface area contributed by atoms with Crippen LogP contribution in [0.4, 0.5) is 0 Å². The van der Waals surface area contributed by atoms with Crippen molar-refractivity contribution >= 4 is 5.78 Å². The van der Waals surface area contributed by atoms with Crippen molar-refractivity contribution in [1.82, 2.24) is 0 Å². The molecule has 13 heavy (non-hydrogen) atoms. The number of carbonyl (C=O) groups is 1. The molecular formula is C10H12N2O. The monoisotopic (exact) mass is 176 g/mol. The lowest BCUT2D eigenvalue weighted by Crippen LogP contribution is -2.05. The Balaban J connectivity index is 3.00. The highest BCUT2D eigenvalue weighted by molar-refractivity contribution is 6.09. The van der Waals surface area contributed by atoms with Crippen molar-refractivity contribution in [1.29, 1.82) is 0 Å². The van der Waals surface area contributed by atoms with Crippen molar-refractivity contribution in [2.45, 2.75) is 13.8 Å². The van der Waals surface area contributed by atoms with Gasteiger partial charge in [0.1, 0.15) is 0 Å². The first-order chi connectivity index (χ1) is 6.15. The zero-order valence-corrected chi connectivity index (χ0v) is 8.03. The van der Waals surface area contributed by atoms with Crippen molar-refractivity contribution < 1.29 is 4.79 Å². The second kappa shape index (κ2) is 3.94. The summed E-state index contributed by atoms with van der Waals surface area (Å²) in [7, 11) is 1.61. The minimum Gasteiger partial charge on any atom is -0.289 e. The Morgan fingerprint density at radius 1 is 1.23 bits per heavy atom. The molecule has 0 N–H and O–H groups in total. The maximum atomic E-state index is 11.3. The van der Waals surface area contributed by atoms with E-state index in [9.17, 15) is 4.79 Å². The summed E-state index contributed by atoms with van der Waals surface area (Å²) in [6.45, 7) is 3.60. The molecule has 0 aliphatic heterocycles. The first kappa shape index (κ1) is 9.58. The van der Waals surface area contributed by atoms with E-state index in [1.54, 1.807) is 27.1 Å². The van der Waals surface area contributed by atoms with E-state index in [1.165, 1.54) is 0 Å². The van der Waals surface area contributed by atoms with Gasteiger partial charge in [-0.05, 0) is 42.7 Å². The van der Waals surface area contributed by atoms with Gasteiger partial charge in [-0.1, -0.05) is 0 Å². The molecule has 0 fully saturated rings. The van der Waals surface area contributed by atoms with Gasteiger partial charge >= 0.3 is 0 Å². The molecule has 0 unspecified atom stereocenters. The number of hydrogen-bond acceptors (Lipinski definition) is 3. The average molecular weight is 176 g/mol. The third-order valence-corrected chi connectivity index (χ3v) is 1.80. The molecule has 0 aromatic carbocycles. The second-order valence-corrected chi connectivity index (χ2v) is 2.93. The molecule has 0 atom stereocenters. The highest BCUT2D eigenvalue weighted by Gasteiger charge is 2.12. The zero-order chi connectivity index (χ0) is 9.84. The molecule has 3 nitrogen and oxygen atoms in total. The van der Waals surface area contributed by atoms with Crippen LogP contribution in [0.1, 0.15) is 13.8 Å². The molecule has 0 aromatic rings. The van der Waals surface area contributed by atoms with Crippen molar-refractivity contribution in [2.24, 2.45) is 10.2 Å². The fraction of sp³-hybridized carbons (Fsp3) is 0.300. The molecule has 0 saturated carbocycles. The average Bonchev–Trinajstić information content (AvgIpc) is 2.10. The topological polar surface area (TPSA) is 41.8 Å². The molecule has 0 saturated heterocycles. The Hall–Kier alpha value is -1.51. The van der Waals surface area contributed by atoms with E-state index in [0.29, 0.717) is 0 Å². The number of nitrogens with zero attached hydrogens (tertiary/aromatic N) is 2. The number of allylic oxidation sites excluding steroid dienone is 5. The quantitative estimate of drug-likeness (QED) is 0.566. The molecule has 0 spiro atoms. The number of hydrogen-bond donors (Lipinski definition) is 0. The van der Waals surface area contributed by atoms with E-state index in [2.05, 4.69) is 10.2 Å². The second-order valence-electron chi connectivity index (χ2n) is 2.93. The van der Waals surface area contributed by atoms with Gasteiger partial charge in [-0.15, -0.1) is 0 Å².